The fourth-order valence-electron chi connectivity index (χ4n) is 2.17. The number of ether oxygens (including phenoxy) is 1. The second-order valence-electron chi connectivity index (χ2n) is 5.93. The summed E-state index contributed by atoms with van der Waals surface area (Å²) >= 11 is 0. The smallest absolute Gasteiger partial charge is 0.252 e. The van der Waals surface area contributed by atoms with E-state index in [0.29, 0.717) is 5.56 Å². The highest BCUT2D eigenvalue weighted by Gasteiger charge is 2.04. The number of anilines is 1. The molecule has 0 heterocycles. The normalized spacial score (nSPS) is 9.85. The topological polar surface area (TPSA) is 67.4 Å². The first-order valence-electron chi connectivity index (χ1n) is 8.35. The van der Waals surface area contributed by atoms with Crippen molar-refractivity contribution in [2.45, 2.75) is 26.9 Å². The van der Waals surface area contributed by atoms with Gasteiger partial charge in [0.1, 0.15) is 5.75 Å². The summed E-state index contributed by atoms with van der Waals surface area (Å²) < 4.78 is 5.55. The summed E-state index contributed by atoms with van der Waals surface area (Å²) in [5.74, 6) is 6.31. The first kappa shape index (κ1) is 19.1. The molecule has 0 aliphatic rings. The van der Waals surface area contributed by atoms with E-state index < -0.39 is 0 Å². The van der Waals surface area contributed by atoms with Crippen molar-refractivity contribution in [3.63, 3.8) is 0 Å². The number of nitrogens with one attached hydrogen (secondary N) is 2. The second kappa shape index (κ2) is 9.28. The maximum absolute atomic E-state index is 12.1. The fraction of sp³-hybridized carbons (Fsp3) is 0.238. The third-order valence-corrected chi connectivity index (χ3v) is 3.26. The van der Waals surface area contributed by atoms with Crippen molar-refractivity contribution in [1.29, 1.82) is 0 Å². The van der Waals surface area contributed by atoms with Gasteiger partial charge in [0.05, 0.1) is 12.6 Å². The van der Waals surface area contributed by atoms with E-state index in [1.807, 2.05) is 26.0 Å². The van der Waals surface area contributed by atoms with Gasteiger partial charge in [-0.05, 0) is 62.4 Å². The highest BCUT2D eigenvalue weighted by atomic mass is 16.5. The minimum Gasteiger partial charge on any atom is -0.491 e. The highest BCUT2D eigenvalue weighted by molar-refractivity contribution is 5.94. The Morgan fingerprint density at radius 1 is 1.04 bits per heavy atom. The van der Waals surface area contributed by atoms with Gasteiger partial charge in [-0.3, -0.25) is 9.59 Å². The standard InChI is InChI=1S/C21H22N2O3/c1-15(2)26-20-12-8-18(9-13-20)21(25)22-14-4-5-17-6-10-19(11-7-17)23-16(3)24/h6-13,15H,14H2,1-3H3,(H,22,25)(H,23,24). The van der Waals surface area contributed by atoms with Gasteiger partial charge in [0.25, 0.3) is 5.91 Å². The van der Waals surface area contributed by atoms with Crippen LogP contribution in [0.3, 0.4) is 0 Å². The summed E-state index contributed by atoms with van der Waals surface area (Å²) in [7, 11) is 0. The molecule has 2 amide bonds. The lowest BCUT2D eigenvalue weighted by Gasteiger charge is -2.09. The number of hydrogen-bond donors (Lipinski definition) is 2. The van der Waals surface area contributed by atoms with E-state index in [1.54, 1.807) is 36.4 Å². The number of hydrogen-bond acceptors (Lipinski definition) is 3. The van der Waals surface area contributed by atoms with E-state index in [9.17, 15) is 9.59 Å². The van der Waals surface area contributed by atoms with Crippen LogP contribution in [0.15, 0.2) is 48.5 Å². The van der Waals surface area contributed by atoms with Gasteiger partial charge in [0.2, 0.25) is 5.91 Å². The molecule has 0 unspecified atom stereocenters. The summed E-state index contributed by atoms with van der Waals surface area (Å²) in [6.45, 7) is 5.61. The molecule has 0 aliphatic heterocycles. The van der Waals surface area contributed by atoms with E-state index >= 15 is 0 Å². The lowest BCUT2D eigenvalue weighted by Crippen LogP contribution is -2.23. The van der Waals surface area contributed by atoms with Crippen LogP contribution in [0.25, 0.3) is 0 Å². The van der Waals surface area contributed by atoms with Crippen LogP contribution >= 0.6 is 0 Å². The third kappa shape index (κ3) is 6.33. The van der Waals surface area contributed by atoms with Crippen molar-refractivity contribution in [1.82, 2.24) is 5.32 Å². The molecule has 134 valence electrons. The molecule has 0 bridgehead atoms. The van der Waals surface area contributed by atoms with Crippen molar-refractivity contribution in [3.8, 4) is 17.6 Å². The van der Waals surface area contributed by atoms with Gasteiger partial charge >= 0.3 is 0 Å². The van der Waals surface area contributed by atoms with E-state index in [4.69, 9.17) is 4.74 Å². The minimum absolute atomic E-state index is 0.0947. The lowest BCUT2D eigenvalue weighted by molar-refractivity contribution is -0.114. The number of carbonyl (C=O) groups is 2. The molecule has 0 fully saturated rings. The summed E-state index contributed by atoms with van der Waals surface area (Å²) in [6.07, 6.45) is 0.0947. The Morgan fingerprint density at radius 2 is 1.69 bits per heavy atom. The van der Waals surface area contributed by atoms with Crippen molar-refractivity contribution >= 4 is 17.5 Å². The Balaban J connectivity index is 1.84. The molecule has 26 heavy (non-hydrogen) atoms. The Labute approximate surface area is 153 Å². The number of benzene rings is 2. The van der Waals surface area contributed by atoms with Crippen LogP contribution < -0.4 is 15.4 Å². The van der Waals surface area contributed by atoms with Crippen LogP contribution in [0.4, 0.5) is 5.69 Å². The molecule has 0 spiro atoms. The van der Waals surface area contributed by atoms with Crippen LogP contribution in [0.5, 0.6) is 5.75 Å². The van der Waals surface area contributed by atoms with E-state index in [-0.39, 0.29) is 24.5 Å². The Kier molecular flexibility index (Phi) is 6.81. The molecule has 0 saturated carbocycles. The Morgan fingerprint density at radius 3 is 2.27 bits per heavy atom. The summed E-state index contributed by atoms with van der Waals surface area (Å²) in [4.78, 5) is 23.0. The average Bonchev–Trinajstić information content (AvgIpc) is 2.59. The van der Waals surface area contributed by atoms with Crippen molar-refractivity contribution < 1.29 is 14.3 Å². The van der Waals surface area contributed by atoms with Gasteiger partial charge in [-0.2, -0.15) is 0 Å². The first-order valence-corrected chi connectivity index (χ1v) is 8.35. The van der Waals surface area contributed by atoms with Crippen LogP contribution in [-0.4, -0.2) is 24.5 Å². The maximum atomic E-state index is 12.1. The van der Waals surface area contributed by atoms with Gasteiger partial charge in [-0.25, -0.2) is 0 Å². The van der Waals surface area contributed by atoms with Gasteiger partial charge in [-0.1, -0.05) is 11.8 Å². The van der Waals surface area contributed by atoms with Crippen LogP contribution in [0.2, 0.25) is 0 Å². The molecule has 5 nitrogen and oxygen atoms in total. The molecule has 0 saturated heterocycles. The second-order valence-corrected chi connectivity index (χ2v) is 5.93. The predicted molar refractivity (Wildman–Crippen MR) is 102 cm³/mol. The highest BCUT2D eigenvalue weighted by Crippen LogP contribution is 2.13. The number of amides is 2. The molecule has 0 aromatic heterocycles. The average molecular weight is 350 g/mol. The Hall–Kier alpha value is -3.26. The van der Waals surface area contributed by atoms with Crippen LogP contribution in [0, 0.1) is 11.8 Å². The van der Waals surface area contributed by atoms with Gasteiger partial charge < -0.3 is 15.4 Å². The van der Waals surface area contributed by atoms with E-state index in [1.165, 1.54) is 6.92 Å². The molecular formula is C21H22N2O3. The maximum Gasteiger partial charge on any atom is 0.252 e. The predicted octanol–water partition coefficient (Wildman–Crippen LogP) is 3.21. The quantitative estimate of drug-likeness (QED) is 0.814. The van der Waals surface area contributed by atoms with Crippen LogP contribution in [0.1, 0.15) is 36.7 Å². The van der Waals surface area contributed by atoms with Gasteiger partial charge in [0.15, 0.2) is 0 Å². The fourth-order valence-corrected chi connectivity index (χ4v) is 2.17. The monoisotopic (exact) mass is 350 g/mol. The molecule has 2 aromatic rings. The molecule has 2 rings (SSSR count). The van der Waals surface area contributed by atoms with Gasteiger partial charge in [-0.15, -0.1) is 0 Å². The summed E-state index contributed by atoms with van der Waals surface area (Å²) in [5.41, 5.74) is 2.09. The molecular weight excluding hydrogens is 328 g/mol. The van der Waals surface area contributed by atoms with Crippen molar-refractivity contribution in [2.24, 2.45) is 0 Å². The third-order valence-electron chi connectivity index (χ3n) is 3.26. The van der Waals surface area contributed by atoms with Crippen LogP contribution in [-0.2, 0) is 4.79 Å². The minimum atomic E-state index is -0.184. The van der Waals surface area contributed by atoms with E-state index in [2.05, 4.69) is 22.5 Å². The molecule has 0 radical (unpaired) electrons. The summed E-state index contributed by atoms with van der Waals surface area (Å²) in [5, 5.41) is 5.45. The molecule has 0 atom stereocenters. The molecule has 0 aliphatic carbocycles. The van der Waals surface area contributed by atoms with Crippen molar-refractivity contribution in [2.75, 3.05) is 11.9 Å². The number of rotatable bonds is 5. The number of carbonyl (C=O) groups excluding carboxylic acids is 2. The zero-order valence-corrected chi connectivity index (χ0v) is 15.1. The van der Waals surface area contributed by atoms with Gasteiger partial charge in [0, 0.05) is 23.7 Å². The molecule has 5 heteroatoms. The van der Waals surface area contributed by atoms with E-state index in [0.717, 1.165) is 17.0 Å². The zero-order valence-electron chi connectivity index (χ0n) is 15.1. The zero-order chi connectivity index (χ0) is 18.9. The summed E-state index contributed by atoms with van der Waals surface area (Å²) in [6, 6.07) is 14.2. The lowest BCUT2D eigenvalue weighted by atomic mass is 10.2. The first-order chi connectivity index (χ1) is 12.4. The largest absolute Gasteiger partial charge is 0.491 e. The van der Waals surface area contributed by atoms with Crippen molar-refractivity contribution in [3.05, 3.63) is 59.7 Å². The molecule has 2 N–H and O–H groups in total. The molecule has 2 aromatic carbocycles. The SMILES string of the molecule is CC(=O)Nc1ccc(C#CCNC(=O)c2ccc(OC(C)C)cc2)cc1. The Bertz CT molecular complexity index is 813.